The molecule has 3 aromatic rings. The van der Waals surface area contributed by atoms with E-state index in [1.54, 1.807) is 6.07 Å². The number of amides is 1. The normalized spacial score (nSPS) is 14.7. The maximum absolute atomic E-state index is 13.9. The van der Waals surface area contributed by atoms with Crippen LogP contribution in [0, 0.1) is 19.7 Å². The Labute approximate surface area is 183 Å². The van der Waals surface area contributed by atoms with Gasteiger partial charge < -0.3 is 4.90 Å². The van der Waals surface area contributed by atoms with Gasteiger partial charge in [0.1, 0.15) is 5.82 Å². The Kier molecular flexibility index (Phi) is 6.47. The van der Waals surface area contributed by atoms with Crippen LogP contribution in [0.5, 0.6) is 0 Å². The number of aryl methyl sites for hydroxylation is 1. The molecule has 2 heterocycles. The minimum atomic E-state index is -0.164. The summed E-state index contributed by atoms with van der Waals surface area (Å²) in [5.41, 5.74) is 4.96. The van der Waals surface area contributed by atoms with E-state index in [0.29, 0.717) is 38.0 Å². The summed E-state index contributed by atoms with van der Waals surface area (Å²) in [6.45, 7) is 7.57. The average Bonchev–Trinajstić information content (AvgIpc) is 3.08. The lowest BCUT2D eigenvalue weighted by Gasteiger charge is -2.35. The number of halogens is 1. The molecule has 0 bridgehead atoms. The number of rotatable bonds is 6. The van der Waals surface area contributed by atoms with Crippen LogP contribution in [0.25, 0.3) is 5.69 Å². The summed E-state index contributed by atoms with van der Waals surface area (Å²) in [5, 5.41) is 4.68. The quantitative estimate of drug-likeness (QED) is 0.607. The monoisotopic (exact) mass is 420 g/mol. The van der Waals surface area contributed by atoms with E-state index in [4.69, 9.17) is 0 Å². The van der Waals surface area contributed by atoms with Crippen LogP contribution < -0.4 is 0 Å². The molecule has 31 heavy (non-hydrogen) atoms. The molecule has 0 radical (unpaired) electrons. The van der Waals surface area contributed by atoms with Crippen molar-refractivity contribution in [2.75, 3.05) is 26.2 Å². The summed E-state index contributed by atoms with van der Waals surface area (Å²) in [4.78, 5) is 17.0. The summed E-state index contributed by atoms with van der Waals surface area (Å²) in [5.74, 6) is 0.0135. The number of benzene rings is 2. The zero-order valence-electron chi connectivity index (χ0n) is 18.2. The Morgan fingerprint density at radius 1 is 0.968 bits per heavy atom. The van der Waals surface area contributed by atoms with E-state index in [2.05, 4.69) is 16.9 Å². The van der Waals surface area contributed by atoms with Gasteiger partial charge in [-0.05, 0) is 44.0 Å². The molecule has 0 unspecified atom stereocenters. The van der Waals surface area contributed by atoms with Crippen LogP contribution in [-0.4, -0.2) is 51.7 Å². The summed E-state index contributed by atoms with van der Waals surface area (Å²) >= 11 is 0. The van der Waals surface area contributed by atoms with Gasteiger partial charge in [-0.2, -0.15) is 5.10 Å². The molecule has 0 spiro atoms. The zero-order valence-corrected chi connectivity index (χ0v) is 18.2. The predicted octanol–water partition coefficient (Wildman–Crippen LogP) is 3.91. The Bertz CT molecular complexity index is 1040. The van der Waals surface area contributed by atoms with Gasteiger partial charge in [0.25, 0.3) is 0 Å². The lowest BCUT2D eigenvalue weighted by Crippen LogP contribution is -2.48. The van der Waals surface area contributed by atoms with Crippen LogP contribution in [0.3, 0.4) is 0 Å². The zero-order chi connectivity index (χ0) is 21.8. The van der Waals surface area contributed by atoms with Crippen LogP contribution >= 0.6 is 0 Å². The molecule has 6 heteroatoms. The molecule has 1 aromatic heterocycles. The first-order valence-corrected chi connectivity index (χ1v) is 10.9. The first-order chi connectivity index (χ1) is 15.0. The summed E-state index contributed by atoms with van der Waals surface area (Å²) in [7, 11) is 0. The van der Waals surface area contributed by atoms with E-state index in [9.17, 15) is 9.18 Å². The second kappa shape index (κ2) is 9.43. The molecule has 0 atom stereocenters. The highest BCUT2D eigenvalue weighted by atomic mass is 19.1. The average molecular weight is 421 g/mol. The van der Waals surface area contributed by atoms with Crippen LogP contribution in [0.2, 0.25) is 0 Å². The highest BCUT2D eigenvalue weighted by molar-refractivity contribution is 5.76. The van der Waals surface area contributed by atoms with E-state index in [1.807, 2.05) is 59.0 Å². The van der Waals surface area contributed by atoms with Gasteiger partial charge in [0.15, 0.2) is 0 Å². The lowest BCUT2D eigenvalue weighted by atomic mass is 10.1. The molecule has 1 aliphatic heterocycles. The molecular formula is C25H29FN4O. The maximum Gasteiger partial charge on any atom is 0.222 e. The number of nitrogens with zero attached hydrogens (tertiary/aromatic N) is 4. The number of para-hydroxylation sites is 1. The fourth-order valence-corrected chi connectivity index (χ4v) is 4.27. The van der Waals surface area contributed by atoms with Crippen molar-refractivity contribution in [3.8, 4) is 5.69 Å². The second-order valence-electron chi connectivity index (χ2n) is 8.15. The van der Waals surface area contributed by atoms with Gasteiger partial charge in [0.05, 0.1) is 11.4 Å². The van der Waals surface area contributed by atoms with E-state index in [0.717, 1.165) is 35.7 Å². The van der Waals surface area contributed by atoms with Gasteiger partial charge in [-0.15, -0.1) is 0 Å². The first kappa shape index (κ1) is 21.2. The van der Waals surface area contributed by atoms with E-state index in [-0.39, 0.29) is 11.7 Å². The molecule has 162 valence electrons. The van der Waals surface area contributed by atoms with Crippen LogP contribution in [0.4, 0.5) is 4.39 Å². The Morgan fingerprint density at radius 2 is 1.65 bits per heavy atom. The molecule has 0 N–H and O–H groups in total. The van der Waals surface area contributed by atoms with E-state index in [1.165, 1.54) is 6.07 Å². The third-order valence-corrected chi connectivity index (χ3v) is 6.11. The smallest absolute Gasteiger partial charge is 0.222 e. The van der Waals surface area contributed by atoms with Gasteiger partial charge in [-0.3, -0.25) is 9.69 Å². The molecule has 1 aliphatic rings. The third kappa shape index (κ3) is 4.85. The minimum absolute atomic E-state index is 0.164. The summed E-state index contributed by atoms with van der Waals surface area (Å²) < 4.78 is 15.8. The van der Waals surface area contributed by atoms with Crippen molar-refractivity contribution in [3.63, 3.8) is 0 Å². The van der Waals surface area contributed by atoms with Gasteiger partial charge in [-0.1, -0.05) is 36.4 Å². The Hall–Kier alpha value is -2.99. The SMILES string of the molecule is Cc1nn(-c2ccccc2)c(C)c1CCC(=O)N1CCN(Cc2ccccc2F)CC1. The van der Waals surface area contributed by atoms with Crippen molar-refractivity contribution < 1.29 is 9.18 Å². The molecule has 1 saturated heterocycles. The van der Waals surface area contributed by atoms with E-state index >= 15 is 0 Å². The van der Waals surface area contributed by atoms with Crippen molar-refractivity contribution in [2.24, 2.45) is 0 Å². The minimum Gasteiger partial charge on any atom is -0.340 e. The molecule has 5 nitrogen and oxygen atoms in total. The molecule has 0 saturated carbocycles. The van der Waals surface area contributed by atoms with Crippen LogP contribution in [0.15, 0.2) is 54.6 Å². The Morgan fingerprint density at radius 3 is 2.35 bits per heavy atom. The number of aromatic nitrogens is 2. The topological polar surface area (TPSA) is 41.4 Å². The first-order valence-electron chi connectivity index (χ1n) is 10.9. The van der Waals surface area contributed by atoms with Crippen molar-refractivity contribution in [1.29, 1.82) is 0 Å². The summed E-state index contributed by atoms with van der Waals surface area (Å²) in [6.07, 6.45) is 1.17. The number of hydrogen-bond donors (Lipinski definition) is 0. The van der Waals surface area contributed by atoms with Gasteiger partial charge in [0.2, 0.25) is 5.91 Å². The highest BCUT2D eigenvalue weighted by Gasteiger charge is 2.22. The fraction of sp³-hybridized carbons (Fsp3) is 0.360. The summed E-state index contributed by atoms with van der Waals surface area (Å²) in [6, 6.07) is 17.0. The van der Waals surface area contributed by atoms with Gasteiger partial charge in [-0.25, -0.2) is 9.07 Å². The molecular weight excluding hydrogens is 391 g/mol. The standard InChI is InChI=1S/C25H29FN4O/c1-19-23(20(2)30(27-19)22-9-4-3-5-10-22)12-13-25(31)29-16-14-28(15-17-29)18-21-8-6-7-11-24(21)26/h3-11H,12-18H2,1-2H3. The Balaban J connectivity index is 1.31. The van der Waals surface area contributed by atoms with Crippen LogP contribution in [0.1, 0.15) is 28.9 Å². The predicted molar refractivity (Wildman–Crippen MR) is 120 cm³/mol. The van der Waals surface area contributed by atoms with E-state index < -0.39 is 0 Å². The highest BCUT2D eigenvalue weighted by Crippen LogP contribution is 2.20. The third-order valence-electron chi connectivity index (χ3n) is 6.11. The number of carbonyl (C=O) groups excluding carboxylic acids is 1. The fourth-order valence-electron chi connectivity index (χ4n) is 4.27. The lowest BCUT2D eigenvalue weighted by molar-refractivity contribution is -0.133. The van der Waals surface area contributed by atoms with Crippen molar-refractivity contribution >= 4 is 5.91 Å². The van der Waals surface area contributed by atoms with Gasteiger partial charge >= 0.3 is 0 Å². The number of piperazine rings is 1. The molecule has 4 rings (SSSR count). The maximum atomic E-state index is 13.9. The van der Waals surface area contributed by atoms with Crippen molar-refractivity contribution in [3.05, 3.63) is 82.9 Å². The molecule has 1 fully saturated rings. The van der Waals surface area contributed by atoms with Gasteiger partial charge in [0, 0.05) is 50.4 Å². The molecule has 1 amide bonds. The molecule has 0 aliphatic carbocycles. The van der Waals surface area contributed by atoms with Crippen molar-refractivity contribution in [1.82, 2.24) is 19.6 Å². The number of hydrogen-bond acceptors (Lipinski definition) is 3. The number of carbonyl (C=O) groups is 1. The molecule has 2 aromatic carbocycles. The van der Waals surface area contributed by atoms with Crippen molar-refractivity contribution in [2.45, 2.75) is 33.2 Å². The second-order valence-corrected chi connectivity index (χ2v) is 8.15. The van der Waals surface area contributed by atoms with Crippen LogP contribution in [-0.2, 0) is 17.8 Å². The largest absolute Gasteiger partial charge is 0.340 e.